The summed E-state index contributed by atoms with van der Waals surface area (Å²) in [6, 6.07) is 62.8. The van der Waals surface area contributed by atoms with Crippen molar-refractivity contribution in [2.24, 2.45) is 0 Å². The zero-order chi connectivity index (χ0) is 30.5. The molecule has 1 heterocycles. The Balaban J connectivity index is 1.23. The first-order chi connectivity index (χ1) is 22.8. The van der Waals surface area contributed by atoms with Gasteiger partial charge in [-0.05, 0) is 92.3 Å². The molecule has 0 bridgehead atoms. The lowest BCUT2D eigenvalue weighted by Crippen LogP contribution is -2.10. The molecule has 216 valence electrons. The molecule has 0 saturated carbocycles. The van der Waals surface area contributed by atoms with Crippen LogP contribution in [0.4, 0.5) is 17.1 Å². The Hall–Kier alpha value is -6.12. The molecular weight excluding hydrogens is 558 g/mol. The van der Waals surface area contributed by atoms with Gasteiger partial charge in [0.1, 0.15) is 11.2 Å². The van der Waals surface area contributed by atoms with E-state index in [9.17, 15) is 0 Å². The first-order valence-electron chi connectivity index (χ1n) is 15.7. The molecule has 0 saturated heterocycles. The second-order valence-electron chi connectivity index (χ2n) is 11.8. The van der Waals surface area contributed by atoms with Crippen LogP contribution in [0.5, 0.6) is 0 Å². The van der Waals surface area contributed by atoms with E-state index in [1.807, 2.05) is 12.1 Å². The summed E-state index contributed by atoms with van der Waals surface area (Å²) in [6.45, 7) is 0. The van der Waals surface area contributed by atoms with Crippen molar-refractivity contribution >= 4 is 60.5 Å². The minimum atomic E-state index is 0.876. The highest BCUT2D eigenvalue weighted by atomic mass is 16.3. The molecule has 0 aliphatic carbocycles. The third kappa shape index (κ3) is 4.43. The molecule has 0 radical (unpaired) electrons. The fraction of sp³-hybridized carbons (Fsp3) is 0. The first kappa shape index (κ1) is 26.3. The molecule has 0 aliphatic heterocycles. The quantitative estimate of drug-likeness (QED) is 0.186. The molecule has 1 aromatic heterocycles. The van der Waals surface area contributed by atoms with E-state index >= 15 is 0 Å². The first-order valence-corrected chi connectivity index (χ1v) is 15.7. The standard InChI is InChI=1S/C44H29NO/c1-2-11-30(12-3-1)31-21-23-34(24-22-31)45(36-25-26-41-40-19-8-9-20-43(40)46-44(41)29-36)35-15-10-14-32(27-35)42-28-33-13-4-5-16-37(33)38-17-6-7-18-39(38)42/h1-29H. The maximum atomic E-state index is 6.35. The number of anilines is 3. The van der Waals surface area contributed by atoms with Crippen molar-refractivity contribution in [1.82, 2.24) is 0 Å². The van der Waals surface area contributed by atoms with Crippen molar-refractivity contribution in [3.8, 4) is 22.3 Å². The van der Waals surface area contributed by atoms with Gasteiger partial charge < -0.3 is 9.32 Å². The van der Waals surface area contributed by atoms with Gasteiger partial charge in [-0.1, -0.05) is 121 Å². The highest BCUT2D eigenvalue weighted by Crippen LogP contribution is 2.42. The van der Waals surface area contributed by atoms with Crippen molar-refractivity contribution < 1.29 is 4.42 Å². The summed E-state index contributed by atoms with van der Waals surface area (Å²) in [4.78, 5) is 2.33. The van der Waals surface area contributed by atoms with Gasteiger partial charge in [-0.3, -0.25) is 0 Å². The number of hydrogen-bond acceptors (Lipinski definition) is 2. The van der Waals surface area contributed by atoms with Crippen LogP contribution in [0.25, 0.3) is 65.7 Å². The molecule has 0 unspecified atom stereocenters. The Bertz CT molecular complexity index is 2530. The Morgan fingerprint density at radius 3 is 1.78 bits per heavy atom. The van der Waals surface area contributed by atoms with Crippen LogP contribution in [0.15, 0.2) is 180 Å². The summed E-state index contributed by atoms with van der Waals surface area (Å²) in [6.07, 6.45) is 0. The van der Waals surface area contributed by atoms with Gasteiger partial charge in [0.25, 0.3) is 0 Å². The van der Waals surface area contributed by atoms with Crippen LogP contribution in [0.3, 0.4) is 0 Å². The van der Waals surface area contributed by atoms with Gasteiger partial charge >= 0.3 is 0 Å². The fourth-order valence-corrected chi connectivity index (χ4v) is 6.84. The highest BCUT2D eigenvalue weighted by Gasteiger charge is 2.17. The monoisotopic (exact) mass is 587 g/mol. The smallest absolute Gasteiger partial charge is 0.137 e. The average Bonchev–Trinajstić information content (AvgIpc) is 3.50. The summed E-state index contributed by atoms with van der Waals surface area (Å²) in [5.74, 6) is 0. The van der Waals surface area contributed by atoms with E-state index in [-0.39, 0.29) is 0 Å². The fourth-order valence-electron chi connectivity index (χ4n) is 6.84. The third-order valence-corrected chi connectivity index (χ3v) is 9.04. The zero-order valence-electron chi connectivity index (χ0n) is 25.1. The Morgan fingerprint density at radius 2 is 0.935 bits per heavy atom. The Kier molecular flexibility index (Phi) is 6.17. The third-order valence-electron chi connectivity index (χ3n) is 9.04. The maximum absolute atomic E-state index is 6.35. The molecule has 0 N–H and O–H groups in total. The van der Waals surface area contributed by atoms with Gasteiger partial charge in [0.2, 0.25) is 0 Å². The number of benzene rings is 8. The molecule has 0 spiro atoms. The number of rotatable bonds is 5. The van der Waals surface area contributed by atoms with Crippen LogP contribution in [0, 0.1) is 0 Å². The predicted octanol–water partition coefficient (Wildman–Crippen LogP) is 12.7. The molecule has 2 heteroatoms. The number of hydrogen-bond donors (Lipinski definition) is 0. The predicted molar refractivity (Wildman–Crippen MR) is 194 cm³/mol. The molecule has 46 heavy (non-hydrogen) atoms. The summed E-state index contributed by atoms with van der Waals surface area (Å²) >= 11 is 0. The number of nitrogens with zero attached hydrogens (tertiary/aromatic N) is 1. The van der Waals surface area contributed by atoms with Crippen molar-refractivity contribution in [3.63, 3.8) is 0 Å². The van der Waals surface area contributed by atoms with E-state index in [4.69, 9.17) is 4.42 Å². The van der Waals surface area contributed by atoms with Crippen LogP contribution < -0.4 is 4.90 Å². The highest BCUT2D eigenvalue weighted by molar-refractivity contribution is 6.14. The van der Waals surface area contributed by atoms with E-state index < -0.39 is 0 Å². The van der Waals surface area contributed by atoms with Gasteiger partial charge in [0.05, 0.1) is 0 Å². The van der Waals surface area contributed by atoms with E-state index in [0.717, 1.165) is 39.0 Å². The Morgan fingerprint density at radius 1 is 0.326 bits per heavy atom. The lowest BCUT2D eigenvalue weighted by Gasteiger charge is -2.26. The SMILES string of the molecule is c1ccc(-c2ccc(N(c3cccc(-c4cc5ccccc5c5ccccc45)c3)c3ccc4c(c3)oc3ccccc34)cc2)cc1. The average molecular weight is 588 g/mol. The number of para-hydroxylation sites is 1. The topological polar surface area (TPSA) is 16.4 Å². The summed E-state index contributed by atoms with van der Waals surface area (Å²) < 4.78 is 6.35. The van der Waals surface area contributed by atoms with Crippen LogP contribution in [0.1, 0.15) is 0 Å². The number of fused-ring (bicyclic) bond motifs is 6. The lowest BCUT2D eigenvalue weighted by molar-refractivity contribution is 0.669. The molecule has 0 fully saturated rings. The van der Waals surface area contributed by atoms with Crippen molar-refractivity contribution in [1.29, 1.82) is 0 Å². The summed E-state index contributed by atoms with van der Waals surface area (Å²) in [7, 11) is 0. The molecule has 0 aliphatic rings. The molecular formula is C44H29NO. The van der Waals surface area contributed by atoms with E-state index in [2.05, 4.69) is 169 Å². The van der Waals surface area contributed by atoms with E-state index in [0.29, 0.717) is 0 Å². The van der Waals surface area contributed by atoms with Crippen LogP contribution in [0.2, 0.25) is 0 Å². The minimum absolute atomic E-state index is 0.876. The van der Waals surface area contributed by atoms with Gasteiger partial charge in [0, 0.05) is 33.9 Å². The number of furan rings is 1. The van der Waals surface area contributed by atoms with Crippen molar-refractivity contribution in [2.75, 3.05) is 4.90 Å². The second-order valence-corrected chi connectivity index (χ2v) is 11.8. The minimum Gasteiger partial charge on any atom is -0.456 e. The lowest BCUT2D eigenvalue weighted by atomic mass is 9.93. The zero-order valence-corrected chi connectivity index (χ0v) is 25.1. The normalized spacial score (nSPS) is 11.5. The molecule has 9 rings (SSSR count). The second kappa shape index (κ2) is 10.8. The van der Waals surface area contributed by atoms with Crippen LogP contribution in [-0.4, -0.2) is 0 Å². The van der Waals surface area contributed by atoms with Gasteiger partial charge in [-0.15, -0.1) is 0 Å². The van der Waals surface area contributed by atoms with Gasteiger partial charge in [-0.25, -0.2) is 0 Å². The largest absolute Gasteiger partial charge is 0.456 e. The molecule has 8 aromatic carbocycles. The van der Waals surface area contributed by atoms with Crippen molar-refractivity contribution in [3.05, 3.63) is 176 Å². The maximum Gasteiger partial charge on any atom is 0.137 e. The van der Waals surface area contributed by atoms with Crippen molar-refractivity contribution in [2.45, 2.75) is 0 Å². The summed E-state index contributed by atoms with van der Waals surface area (Å²) in [5, 5.41) is 7.29. The van der Waals surface area contributed by atoms with E-state index in [1.165, 1.54) is 43.8 Å². The van der Waals surface area contributed by atoms with Gasteiger partial charge in [0.15, 0.2) is 0 Å². The molecule has 0 amide bonds. The van der Waals surface area contributed by atoms with E-state index in [1.54, 1.807) is 0 Å². The van der Waals surface area contributed by atoms with Crippen LogP contribution >= 0.6 is 0 Å². The molecule has 9 aromatic rings. The van der Waals surface area contributed by atoms with Crippen LogP contribution in [-0.2, 0) is 0 Å². The molecule has 0 atom stereocenters. The Labute approximate surface area is 267 Å². The summed E-state index contributed by atoms with van der Waals surface area (Å²) in [5.41, 5.74) is 9.77. The van der Waals surface area contributed by atoms with Gasteiger partial charge in [-0.2, -0.15) is 0 Å². The molecule has 2 nitrogen and oxygen atoms in total.